The molecule has 0 saturated heterocycles. The molecule has 1 aromatic carbocycles. The molecule has 0 fully saturated rings. The van der Waals surface area contributed by atoms with E-state index in [2.05, 4.69) is 31.0 Å². The second-order valence-corrected chi connectivity index (χ2v) is 4.71. The Hall–Kier alpha value is -1.28. The van der Waals surface area contributed by atoms with Crippen LogP contribution in [-0.2, 0) is 0 Å². The molecule has 3 heteroatoms. The Bertz CT molecular complexity index is 483. The average Bonchev–Trinajstić information content (AvgIpc) is 2.61. The lowest BCUT2D eigenvalue weighted by atomic mass is 9.97. The number of aryl methyl sites for hydroxylation is 1. The maximum atomic E-state index is 5.88. The van der Waals surface area contributed by atoms with Crippen molar-refractivity contribution < 1.29 is 0 Å². The van der Waals surface area contributed by atoms with Crippen LogP contribution in [0.4, 0.5) is 0 Å². The van der Waals surface area contributed by atoms with E-state index in [9.17, 15) is 0 Å². The Kier molecular flexibility index (Phi) is 3.01. The summed E-state index contributed by atoms with van der Waals surface area (Å²) in [4.78, 5) is 0. The topological polar surface area (TPSA) is 28.7 Å². The van der Waals surface area contributed by atoms with Crippen LogP contribution in [0.2, 0.25) is 5.02 Å². The minimum atomic E-state index is 0.462. The van der Waals surface area contributed by atoms with Gasteiger partial charge in [0.25, 0.3) is 0 Å². The van der Waals surface area contributed by atoms with Gasteiger partial charge in [0.2, 0.25) is 0 Å². The fraction of sp³-hybridized carbons (Fsp3) is 0.308. The Labute approximate surface area is 101 Å². The first-order valence-corrected chi connectivity index (χ1v) is 5.78. The predicted molar refractivity (Wildman–Crippen MR) is 67.9 cm³/mol. The lowest BCUT2D eigenvalue weighted by molar-refractivity contribution is 0.858. The van der Waals surface area contributed by atoms with Crippen LogP contribution < -0.4 is 0 Å². The van der Waals surface area contributed by atoms with E-state index in [0.717, 1.165) is 22.0 Å². The molecule has 0 bridgehead atoms. The lowest BCUT2D eigenvalue weighted by Crippen LogP contribution is -1.91. The van der Waals surface area contributed by atoms with E-state index < -0.39 is 0 Å². The van der Waals surface area contributed by atoms with Crippen LogP contribution in [0.3, 0.4) is 0 Å². The van der Waals surface area contributed by atoms with Gasteiger partial charge in [0.05, 0.1) is 5.69 Å². The molecule has 0 aliphatic carbocycles. The van der Waals surface area contributed by atoms with E-state index in [1.165, 1.54) is 5.56 Å². The fourth-order valence-corrected chi connectivity index (χ4v) is 2.10. The maximum Gasteiger partial charge on any atom is 0.0958 e. The summed E-state index contributed by atoms with van der Waals surface area (Å²) in [6, 6.07) is 7.80. The van der Waals surface area contributed by atoms with Gasteiger partial charge in [-0.3, -0.25) is 5.10 Å². The highest BCUT2D eigenvalue weighted by Gasteiger charge is 2.14. The van der Waals surface area contributed by atoms with Gasteiger partial charge in [-0.1, -0.05) is 37.6 Å². The molecule has 84 valence electrons. The molecule has 0 saturated carbocycles. The standard InChI is InChI=1S/C13H15ClN2/c1-8(2)12-9(3)15-16-13(12)10-4-6-11(14)7-5-10/h4-8H,1-3H3,(H,15,16). The van der Waals surface area contributed by atoms with Crippen molar-refractivity contribution in [2.24, 2.45) is 0 Å². The Balaban J connectivity index is 2.52. The molecule has 0 radical (unpaired) electrons. The average molecular weight is 235 g/mol. The lowest BCUT2D eigenvalue weighted by Gasteiger charge is -2.07. The van der Waals surface area contributed by atoms with E-state index in [-0.39, 0.29) is 0 Å². The zero-order valence-electron chi connectivity index (χ0n) is 9.71. The molecule has 0 atom stereocenters. The van der Waals surface area contributed by atoms with Crippen molar-refractivity contribution in [2.75, 3.05) is 0 Å². The first-order valence-electron chi connectivity index (χ1n) is 5.40. The molecule has 0 aliphatic heterocycles. The quantitative estimate of drug-likeness (QED) is 0.831. The monoisotopic (exact) mass is 234 g/mol. The minimum Gasteiger partial charge on any atom is -0.282 e. The molecule has 0 spiro atoms. The molecule has 1 heterocycles. The molecular weight excluding hydrogens is 220 g/mol. The Morgan fingerprint density at radius 3 is 2.38 bits per heavy atom. The van der Waals surface area contributed by atoms with Crippen LogP contribution in [0.15, 0.2) is 24.3 Å². The van der Waals surface area contributed by atoms with Gasteiger partial charge < -0.3 is 0 Å². The summed E-state index contributed by atoms with van der Waals surface area (Å²) >= 11 is 5.88. The van der Waals surface area contributed by atoms with Gasteiger partial charge >= 0.3 is 0 Å². The summed E-state index contributed by atoms with van der Waals surface area (Å²) in [5.41, 5.74) is 4.56. The molecule has 1 N–H and O–H groups in total. The third-order valence-corrected chi connectivity index (χ3v) is 2.94. The zero-order valence-corrected chi connectivity index (χ0v) is 10.5. The zero-order chi connectivity index (χ0) is 11.7. The van der Waals surface area contributed by atoms with Crippen molar-refractivity contribution in [1.29, 1.82) is 0 Å². The highest BCUT2D eigenvalue weighted by atomic mass is 35.5. The van der Waals surface area contributed by atoms with Gasteiger partial charge in [0, 0.05) is 21.8 Å². The minimum absolute atomic E-state index is 0.462. The fourth-order valence-electron chi connectivity index (χ4n) is 1.97. The predicted octanol–water partition coefficient (Wildman–Crippen LogP) is 4.16. The number of H-pyrrole nitrogens is 1. The van der Waals surface area contributed by atoms with Gasteiger partial charge in [0.15, 0.2) is 0 Å². The number of benzene rings is 1. The molecule has 2 aromatic rings. The summed E-state index contributed by atoms with van der Waals surface area (Å²) in [7, 11) is 0. The number of hydrogen-bond donors (Lipinski definition) is 1. The van der Waals surface area contributed by atoms with Crippen molar-refractivity contribution in [3.05, 3.63) is 40.5 Å². The van der Waals surface area contributed by atoms with Crippen molar-refractivity contribution in [3.8, 4) is 11.3 Å². The van der Waals surface area contributed by atoms with Gasteiger partial charge in [0.1, 0.15) is 0 Å². The van der Waals surface area contributed by atoms with Crippen LogP contribution in [0, 0.1) is 6.92 Å². The first kappa shape index (κ1) is 11.2. The van der Waals surface area contributed by atoms with Gasteiger partial charge in [-0.05, 0) is 25.0 Å². The second-order valence-electron chi connectivity index (χ2n) is 4.27. The van der Waals surface area contributed by atoms with Crippen LogP contribution in [0.5, 0.6) is 0 Å². The number of aromatic nitrogens is 2. The Morgan fingerprint density at radius 2 is 1.81 bits per heavy atom. The van der Waals surface area contributed by atoms with Gasteiger partial charge in [-0.15, -0.1) is 0 Å². The van der Waals surface area contributed by atoms with Crippen molar-refractivity contribution in [2.45, 2.75) is 26.7 Å². The number of nitrogens with one attached hydrogen (secondary N) is 1. The third-order valence-electron chi connectivity index (χ3n) is 2.69. The third kappa shape index (κ3) is 1.98. The van der Waals surface area contributed by atoms with Crippen LogP contribution >= 0.6 is 11.6 Å². The molecule has 16 heavy (non-hydrogen) atoms. The van der Waals surface area contributed by atoms with E-state index in [1.807, 2.05) is 24.3 Å². The number of hydrogen-bond acceptors (Lipinski definition) is 1. The normalized spacial score (nSPS) is 11.1. The highest BCUT2D eigenvalue weighted by Crippen LogP contribution is 2.30. The second kappa shape index (κ2) is 4.30. The van der Waals surface area contributed by atoms with Gasteiger partial charge in [-0.2, -0.15) is 5.10 Å². The summed E-state index contributed by atoms with van der Waals surface area (Å²) < 4.78 is 0. The largest absolute Gasteiger partial charge is 0.282 e. The van der Waals surface area contributed by atoms with Crippen LogP contribution in [0.25, 0.3) is 11.3 Å². The van der Waals surface area contributed by atoms with E-state index in [0.29, 0.717) is 5.92 Å². The van der Waals surface area contributed by atoms with Crippen molar-refractivity contribution in [1.82, 2.24) is 10.2 Å². The molecular formula is C13H15ClN2. The van der Waals surface area contributed by atoms with Crippen molar-refractivity contribution >= 4 is 11.6 Å². The van der Waals surface area contributed by atoms with E-state index in [1.54, 1.807) is 0 Å². The molecule has 0 unspecified atom stereocenters. The van der Waals surface area contributed by atoms with E-state index in [4.69, 9.17) is 11.6 Å². The summed E-state index contributed by atoms with van der Waals surface area (Å²) in [5.74, 6) is 0.462. The highest BCUT2D eigenvalue weighted by molar-refractivity contribution is 6.30. The van der Waals surface area contributed by atoms with Gasteiger partial charge in [-0.25, -0.2) is 0 Å². The summed E-state index contributed by atoms with van der Waals surface area (Å²) in [6.07, 6.45) is 0. The maximum absolute atomic E-state index is 5.88. The SMILES string of the molecule is Cc1[nH]nc(-c2ccc(Cl)cc2)c1C(C)C. The number of aromatic amines is 1. The summed E-state index contributed by atoms with van der Waals surface area (Å²) in [5, 5.41) is 8.17. The number of nitrogens with zero attached hydrogens (tertiary/aromatic N) is 1. The first-order chi connectivity index (χ1) is 7.59. The van der Waals surface area contributed by atoms with Crippen molar-refractivity contribution in [3.63, 3.8) is 0 Å². The molecule has 2 rings (SSSR count). The van der Waals surface area contributed by atoms with Crippen LogP contribution in [0.1, 0.15) is 31.0 Å². The Morgan fingerprint density at radius 1 is 1.19 bits per heavy atom. The van der Waals surface area contributed by atoms with E-state index >= 15 is 0 Å². The molecule has 1 aromatic heterocycles. The number of halogens is 1. The smallest absolute Gasteiger partial charge is 0.0958 e. The molecule has 0 aliphatic rings. The summed E-state index contributed by atoms with van der Waals surface area (Å²) in [6.45, 7) is 6.41. The number of rotatable bonds is 2. The molecule has 2 nitrogen and oxygen atoms in total. The molecule has 0 amide bonds. The van der Waals surface area contributed by atoms with Crippen LogP contribution in [-0.4, -0.2) is 10.2 Å².